The molecular weight excluding hydrogens is 583 g/mol. The van der Waals surface area contributed by atoms with Gasteiger partial charge in [-0.3, -0.25) is 4.79 Å². The van der Waals surface area contributed by atoms with E-state index in [4.69, 9.17) is 0 Å². The van der Waals surface area contributed by atoms with Crippen LogP contribution >= 0.6 is 0 Å². The number of aliphatic imine (C=N–C) groups is 1. The van der Waals surface area contributed by atoms with E-state index >= 15 is 0 Å². The van der Waals surface area contributed by atoms with E-state index in [-0.39, 0.29) is 18.4 Å². The standard InChI is InChI=1S/C36H39FN6O3/c1-24(30-20-38-32-7-5-4-6-29(30)32)31(35(45)43-13-12-26-9-8-25(18-34(26)43)22-40(2)3)21-39-36(46)42-16-14-41(15-17-42)33-11-10-28(37)19-27(33)23-44/h4-7,10-11,18-21,24,31,38,44H,12-17,22-23H2,1-3H3/b39-21+/t24-,31?/m0/s1. The van der Waals surface area contributed by atoms with Crippen LogP contribution in [0.1, 0.15) is 30.4 Å². The Kier molecular flexibility index (Phi) is 9.06. The molecule has 1 unspecified atom stereocenters. The van der Waals surface area contributed by atoms with Crippen LogP contribution in [-0.4, -0.2) is 96.3 Å². The Hall–Kier alpha value is -4.72. The average Bonchev–Trinajstić information content (AvgIpc) is 3.69. The third-order valence-corrected chi connectivity index (χ3v) is 9.01. The molecule has 1 aliphatic carbocycles. The first kappa shape index (κ1) is 31.3. The lowest BCUT2D eigenvalue weighted by atomic mass is 9.87. The summed E-state index contributed by atoms with van der Waals surface area (Å²) in [5, 5.41) is 10.8. The number of carbonyl (C=O) groups is 2. The summed E-state index contributed by atoms with van der Waals surface area (Å²) < 4.78 is 13.7. The Morgan fingerprint density at radius 3 is 2.65 bits per heavy atom. The van der Waals surface area contributed by atoms with Crippen molar-refractivity contribution in [1.29, 1.82) is 0 Å². The van der Waals surface area contributed by atoms with E-state index < -0.39 is 17.8 Å². The van der Waals surface area contributed by atoms with E-state index in [2.05, 4.69) is 26.3 Å². The number of allylic oxidation sites excluding steroid dienone is 1. The van der Waals surface area contributed by atoms with Crippen molar-refractivity contribution in [3.63, 3.8) is 0 Å². The summed E-state index contributed by atoms with van der Waals surface area (Å²) in [6.07, 6.45) is 6.19. The fourth-order valence-corrected chi connectivity index (χ4v) is 6.54. The van der Waals surface area contributed by atoms with Gasteiger partial charge in [-0.1, -0.05) is 36.6 Å². The number of hydrogen-bond acceptors (Lipinski definition) is 5. The molecule has 2 fully saturated rings. The summed E-state index contributed by atoms with van der Waals surface area (Å²) in [6.45, 7) is 4.81. The number of amides is 3. The number of piperazine rings is 1. The topological polar surface area (TPSA) is 95.5 Å². The van der Waals surface area contributed by atoms with Crippen LogP contribution in [0.3, 0.4) is 0 Å². The molecule has 238 valence electrons. The number of aromatic amines is 1. The lowest BCUT2D eigenvalue weighted by Crippen LogP contribution is -2.48. The molecule has 10 heteroatoms. The predicted octanol–water partition coefficient (Wildman–Crippen LogP) is 4.83. The van der Waals surface area contributed by atoms with Crippen molar-refractivity contribution >= 4 is 34.7 Å². The first-order valence-electron chi connectivity index (χ1n) is 15.7. The third-order valence-electron chi connectivity index (χ3n) is 9.01. The van der Waals surface area contributed by atoms with E-state index in [0.29, 0.717) is 51.3 Å². The van der Waals surface area contributed by atoms with Crippen LogP contribution in [0.4, 0.5) is 14.9 Å². The van der Waals surface area contributed by atoms with Crippen LogP contribution in [0.15, 0.2) is 88.0 Å². The van der Waals surface area contributed by atoms with E-state index in [1.807, 2.05) is 67.4 Å². The molecule has 0 bridgehead atoms. The molecule has 0 saturated carbocycles. The summed E-state index contributed by atoms with van der Waals surface area (Å²) in [5.74, 6) is -1.47. The lowest BCUT2D eigenvalue weighted by molar-refractivity contribution is -0.131. The molecule has 1 aromatic heterocycles. The maximum absolute atomic E-state index is 14.4. The second kappa shape index (κ2) is 13.3. The molecule has 2 atom stereocenters. The Labute approximate surface area is 268 Å². The van der Waals surface area contributed by atoms with Gasteiger partial charge >= 0.3 is 6.03 Å². The zero-order valence-corrected chi connectivity index (χ0v) is 26.5. The predicted molar refractivity (Wildman–Crippen MR) is 177 cm³/mol. The number of para-hydroxylation sites is 1. The van der Waals surface area contributed by atoms with Crippen molar-refractivity contribution in [2.75, 3.05) is 58.3 Å². The molecule has 2 aromatic carbocycles. The fraction of sp³-hybridized carbons (Fsp3) is 0.361. The number of fused-ring (bicyclic) bond motifs is 2. The first-order chi connectivity index (χ1) is 22.2. The third kappa shape index (κ3) is 6.34. The molecule has 3 aliphatic rings. The number of benzene rings is 2. The number of aliphatic hydroxyl groups is 1. The van der Waals surface area contributed by atoms with Crippen LogP contribution in [0.2, 0.25) is 0 Å². The molecule has 3 aromatic rings. The molecule has 2 N–H and O–H groups in total. The zero-order chi connectivity index (χ0) is 32.4. The molecule has 0 radical (unpaired) electrons. The van der Waals surface area contributed by atoms with Crippen molar-refractivity contribution in [1.82, 2.24) is 19.7 Å². The minimum Gasteiger partial charge on any atom is -0.392 e. The number of halogens is 1. The average molecular weight is 623 g/mol. The van der Waals surface area contributed by atoms with Crippen molar-refractivity contribution in [3.05, 3.63) is 100.0 Å². The number of hydrogen-bond donors (Lipinski definition) is 2. The lowest BCUT2D eigenvalue weighted by Gasteiger charge is -2.36. The minimum atomic E-state index is -0.691. The summed E-state index contributed by atoms with van der Waals surface area (Å²) in [5.41, 5.74) is 12.5. The number of aliphatic hydroxyl groups excluding tert-OH is 1. The molecule has 3 amide bonds. The maximum Gasteiger partial charge on any atom is 0.343 e. The molecule has 3 heterocycles. The minimum absolute atomic E-state index is 0.110. The second-order valence-electron chi connectivity index (χ2n) is 12.3. The van der Waals surface area contributed by atoms with Gasteiger partial charge in [0.05, 0.1) is 18.2 Å². The van der Waals surface area contributed by atoms with Gasteiger partial charge in [0, 0.05) is 91.4 Å². The summed E-state index contributed by atoms with van der Waals surface area (Å²) in [7, 11) is 3.98. The van der Waals surface area contributed by atoms with Crippen molar-refractivity contribution < 1.29 is 19.1 Å². The molecule has 2 aliphatic heterocycles. The number of nitrogens with one attached hydrogen (secondary N) is 1. The second-order valence-corrected chi connectivity index (χ2v) is 12.3. The SMILES string of the molecule is C[C@@H](c1c[nH]c2ccccc12)C(/C=N/C(=O)N1CCN(c2ccc(F)cc2CO)CC1)C(=O)N1CCC2=C=C=C(CN(C)C)C=C21. The van der Waals surface area contributed by atoms with E-state index in [0.717, 1.165) is 39.0 Å². The highest BCUT2D eigenvalue weighted by molar-refractivity contribution is 6.00. The van der Waals surface area contributed by atoms with Crippen LogP contribution in [0.25, 0.3) is 10.9 Å². The number of aromatic nitrogens is 1. The molecular formula is C36H39FN6O3. The van der Waals surface area contributed by atoms with Crippen molar-refractivity contribution in [2.45, 2.75) is 25.9 Å². The number of rotatable bonds is 8. The van der Waals surface area contributed by atoms with Gasteiger partial charge in [0.25, 0.3) is 0 Å². The largest absolute Gasteiger partial charge is 0.392 e. The molecule has 9 nitrogen and oxygen atoms in total. The van der Waals surface area contributed by atoms with Gasteiger partial charge in [0.2, 0.25) is 5.91 Å². The highest BCUT2D eigenvalue weighted by Crippen LogP contribution is 2.36. The molecule has 0 spiro atoms. The van der Waals surface area contributed by atoms with Gasteiger partial charge in [-0.2, -0.15) is 0 Å². The van der Waals surface area contributed by atoms with Gasteiger partial charge in [-0.15, -0.1) is 0 Å². The van der Waals surface area contributed by atoms with Gasteiger partial charge < -0.3 is 29.7 Å². The van der Waals surface area contributed by atoms with E-state index in [1.165, 1.54) is 18.3 Å². The van der Waals surface area contributed by atoms with Crippen molar-refractivity contribution in [3.8, 4) is 0 Å². The first-order valence-corrected chi connectivity index (χ1v) is 15.7. The molecule has 6 rings (SSSR count). The number of urea groups is 1. The highest BCUT2D eigenvalue weighted by Gasteiger charge is 2.36. The normalized spacial score (nSPS) is 17.8. The van der Waals surface area contributed by atoms with E-state index in [1.54, 1.807) is 11.0 Å². The number of nitrogens with zero attached hydrogens (tertiary/aromatic N) is 5. The number of carbonyl (C=O) groups excluding carboxylic acids is 2. The summed E-state index contributed by atoms with van der Waals surface area (Å²) >= 11 is 0. The zero-order valence-electron chi connectivity index (χ0n) is 26.5. The number of H-pyrrole nitrogens is 1. The van der Waals surface area contributed by atoms with Gasteiger partial charge in [-0.25, -0.2) is 14.2 Å². The smallest absolute Gasteiger partial charge is 0.343 e. The number of likely N-dealkylation sites (N-methyl/N-ethyl adjacent to an activating group) is 1. The van der Waals surface area contributed by atoms with Crippen LogP contribution in [0, 0.1) is 11.7 Å². The quantitative estimate of drug-likeness (QED) is 0.277. The van der Waals surface area contributed by atoms with Crippen LogP contribution in [-0.2, 0) is 11.4 Å². The molecule has 46 heavy (non-hydrogen) atoms. The monoisotopic (exact) mass is 622 g/mol. The van der Waals surface area contributed by atoms with Crippen LogP contribution < -0.4 is 4.90 Å². The van der Waals surface area contributed by atoms with E-state index in [9.17, 15) is 19.1 Å². The maximum atomic E-state index is 14.4. The summed E-state index contributed by atoms with van der Waals surface area (Å²) in [6, 6.07) is 12.0. The van der Waals surface area contributed by atoms with Crippen LogP contribution in [0.5, 0.6) is 0 Å². The molecule has 2 saturated heterocycles. The van der Waals surface area contributed by atoms with Gasteiger partial charge in [0.1, 0.15) is 5.82 Å². The van der Waals surface area contributed by atoms with Crippen molar-refractivity contribution in [2.24, 2.45) is 10.9 Å². The Bertz CT molecular complexity index is 1820. The summed E-state index contributed by atoms with van der Waals surface area (Å²) in [4.78, 5) is 43.1. The number of likely N-dealkylation sites (tertiary alicyclic amines) is 1. The Balaban J connectivity index is 1.23. The van der Waals surface area contributed by atoms with Gasteiger partial charge in [0.15, 0.2) is 0 Å². The number of anilines is 1. The van der Waals surface area contributed by atoms with Gasteiger partial charge in [-0.05, 0) is 55.9 Å². The Morgan fingerprint density at radius 1 is 1.11 bits per heavy atom. The Morgan fingerprint density at radius 2 is 1.89 bits per heavy atom. The fourth-order valence-electron chi connectivity index (χ4n) is 6.54. The highest BCUT2D eigenvalue weighted by atomic mass is 19.1.